The molecule has 0 aliphatic heterocycles. The topological polar surface area (TPSA) is 50.4 Å². The van der Waals surface area contributed by atoms with Crippen molar-refractivity contribution in [3.05, 3.63) is 59.9 Å². The van der Waals surface area contributed by atoms with Gasteiger partial charge in [-0.3, -0.25) is 10.1 Å². The van der Waals surface area contributed by atoms with E-state index in [0.717, 1.165) is 6.42 Å². The molecule has 0 bridgehead atoms. The average molecular weight is 360 g/mol. The summed E-state index contributed by atoms with van der Waals surface area (Å²) in [4.78, 5) is 12.2. The summed E-state index contributed by atoms with van der Waals surface area (Å²) in [6, 6.07) is 12.9. The SMILES string of the molecule is CC(C)CCOc1ccc(C(=O)NC(=S)Nc2ccccc2F)cc1. The van der Waals surface area contributed by atoms with Crippen molar-refractivity contribution >= 4 is 28.9 Å². The van der Waals surface area contributed by atoms with Crippen LogP contribution in [0.5, 0.6) is 5.75 Å². The Morgan fingerprint density at radius 1 is 1.16 bits per heavy atom. The fourth-order valence-corrected chi connectivity index (χ4v) is 2.21. The van der Waals surface area contributed by atoms with Crippen molar-refractivity contribution < 1.29 is 13.9 Å². The number of para-hydroxylation sites is 1. The lowest BCUT2D eigenvalue weighted by Crippen LogP contribution is -2.34. The number of anilines is 1. The Morgan fingerprint density at radius 3 is 2.48 bits per heavy atom. The molecular formula is C19H21FN2O2S. The van der Waals surface area contributed by atoms with Crippen molar-refractivity contribution in [1.82, 2.24) is 5.32 Å². The van der Waals surface area contributed by atoms with Gasteiger partial charge in [-0.1, -0.05) is 26.0 Å². The zero-order valence-corrected chi connectivity index (χ0v) is 15.0. The first kappa shape index (κ1) is 18.9. The van der Waals surface area contributed by atoms with Crippen LogP contribution in [-0.4, -0.2) is 17.6 Å². The van der Waals surface area contributed by atoms with Crippen LogP contribution in [0.3, 0.4) is 0 Å². The fourth-order valence-electron chi connectivity index (χ4n) is 2.01. The van der Waals surface area contributed by atoms with Gasteiger partial charge < -0.3 is 10.1 Å². The first-order valence-electron chi connectivity index (χ1n) is 8.05. The molecule has 2 aromatic rings. The first-order chi connectivity index (χ1) is 12.0. The number of benzene rings is 2. The minimum atomic E-state index is -0.443. The van der Waals surface area contributed by atoms with E-state index in [-0.39, 0.29) is 16.7 Å². The van der Waals surface area contributed by atoms with Gasteiger partial charge in [0.25, 0.3) is 5.91 Å². The van der Waals surface area contributed by atoms with Crippen molar-refractivity contribution in [3.63, 3.8) is 0 Å². The molecule has 0 heterocycles. The zero-order chi connectivity index (χ0) is 18.2. The van der Waals surface area contributed by atoms with Gasteiger partial charge in [0, 0.05) is 5.56 Å². The molecule has 0 atom stereocenters. The molecule has 1 amide bonds. The van der Waals surface area contributed by atoms with Crippen LogP contribution >= 0.6 is 12.2 Å². The Labute approximate surface area is 152 Å². The minimum Gasteiger partial charge on any atom is -0.494 e. The lowest BCUT2D eigenvalue weighted by atomic mass is 10.1. The van der Waals surface area contributed by atoms with Crippen LogP contribution in [0.25, 0.3) is 0 Å². The molecule has 2 N–H and O–H groups in total. The highest BCUT2D eigenvalue weighted by Crippen LogP contribution is 2.14. The first-order valence-corrected chi connectivity index (χ1v) is 8.46. The summed E-state index contributed by atoms with van der Waals surface area (Å²) in [5, 5.41) is 5.22. The van der Waals surface area contributed by atoms with Gasteiger partial charge in [0.05, 0.1) is 12.3 Å². The summed E-state index contributed by atoms with van der Waals surface area (Å²) in [5.74, 6) is 0.474. The normalized spacial score (nSPS) is 10.4. The van der Waals surface area contributed by atoms with Crippen molar-refractivity contribution in [2.24, 2.45) is 5.92 Å². The van der Waals surface area contributed by atoms with Gasteiger partial charge in [0.15, 0.2) is 5.11 Å². The highest BCUT2D eigenvalue weighted by molar-refractivity contribution is 7.80. The van der Waals surface area contributed by atoms with E-state index in [1.807, 2.05) is 0 Å². The Kier molecular flexibility index (Phi) is 6.89. The van der Waals surface area contributed by atoms with Gasteiger partial charge >= 0.3 is 0 Å². The predicted octanol–water partition coefficient (Wildman–Crippen LogP) is 4.38. The summed E-state index contributed by atoms with van der Waals surface area (Å²) in [7, 11) is 0. The fraction of sp³-hybridized carbons (Fsp3) is 0.263. The Balaban J connectivity index is 1.87. The molecule has 132 valence electrons. The maximum absolute atomic E-state index is 13.6. The third kappa shape index (κ3) is 6.15. The van der Waals surface area contributed by atoms with Gasteiger partial charge in [-0.05, 0) is 61.0 Å². The molecule has 0 radical (unpaired) electrons. The quantitative estimate of drug-likeness (QED) is 0.751. The van der Waals surface area contributed by atoms with Crippen LogP contribution in [0, 0.1) is 11.7 Å². The van der Waals surface area contributed by atoms with Gasteiger partial charge in [0.2, 0.25) is 0 Å². The van der Waals surface area contributed by atoms with Gasteiger partial charge in [-0.2, -0.15) is 0 Å². The number of carbonyl (C=O) groups excluding carboxylic acids is 1. The number of hydrogen-bond donors (Lipinski definition) is 2. The van der Waals surface area contributed by atoms with E-state index in [0.29, 0.717) is 23.8 Å². The Morgan fingerprint density at radius 2 is 1.84 bits per heavy atom. The predicted molar refractivity (Wildman–Crippen MR) is 101 cm³/mol. The second-order valence-electron chi connectivity index (χ2n) is 5.94. The largest absolute Gasteiger partial charge is 0.494 e. The zero-order valence-electron chi connectivity index (χ0n) is 14.2. The molecule has 6 heteroatoms. The molecule has 0 unspecified atom stereocenters. The number of rotatable bonds is 6. The maximum atomic E-state index is 13.6. The van der Waals surface area contributed by atoms with Crippen LogP contribution in [-0.2, 0) is 0 Å². The Hall–Kier alpha value is -2.47. The number of hydrogen-bond acceptors (Lipinski definition) is 3. The number of halogens is 1. The van der Waals surface area contributed by atoms with E-state index >= 15 is 0 Å². The monoisotopic (exact) mass is 360 g/mol. The molecule has 0 aliphatic rings. The van der Waals surface area contributed by atoms with Crippen LogP contribution in [0.1, 0.15) is 30.6 Å². The highest BCUT2D eigenvalue weighted by atomic mass is 32.1. The molecule has 2 rings (SSSR count). The van der Waals surface area contributed by atoms with Crippen molar-refractivity contribution in [1.29, 1.82) is 0 Å². The van der Waals surface area contributed by atoms with Crippen LogP contribution in [0.4, 0.5) is 10.1 Å². The summed E-state index contributed by atoms with van der Waals surface area (Å²) >= 11 is 5.04. The summed E-state index contributed by atoms with van der Waals surface area (Å²) in [5.41, 5.74) is 0.649. The van der Waals surface area contributed by atoms with Crippen molar-refractivity contribution in [2.45, 2.75) is 20.3 Å². The second kappa shape index (κ2) is 9.13. The van der Waals surface area contributed by atoms with E-state index in [9.17, 15) is 9.18 Å². The molecule has 0 saturated heterocycles. The van der Waals surface area contributed by atoms with E-state index in [2.05, 4.69) is 24.5 Å². The highest BCUT2D eigenvalue weighted by Gasteiger charge is 2.09. The van der Waals surface area contributed by atoms with Crippen LogP contribution in [0.2, 0.25) is 0 Å². The van der Waals surface area contributed by atoms with E-state index in [1.54, 1.807) is 36.4 Å². The Bertz CT molecular complexity index is 732. The van der Waals surface area contributed by atoms with Crippen LogP contribution in [0.15, 0.2) is 48.5 Å². The number of carbonyl (C=O) groups is 1. The summed E-state index contributed by atoms with van der Waals surface area (Å²) < 4.78 is 19.2. The molecular weight excluding hydrogens is 339 g/mol. The van der Waals surface area contributed by atoms with E-state index < -0.39 is 5.82 Å². The molecule has 0 aromatic heterocycles. The maximum Gasteiger partial charge on any atom is 0.257 e. The lowest BCUT2D eigenvalue weighted by Gasteiger charge is -2.11. The second-order valence-corrected chi connectivity index (χ2v) is 6.35. The molecule has 0 spiro atoms. The summed E-state index contributed by atoms with van der Waals surface area (Å²) in [6.07, 6.45) is 0.970. The van der Waals surface area contributed by atoms with E-state index in [4.69, 9.17) is 17.0 Å². The molecule has 4 nitrogen and oxygen atoms in total. The van der Waals surface area contributed by atoms with E-state index in [1.165, 1.54) is 12.1 Å². The average Bonchev–Trinajstić information content (AvgIpc) is 2.57. The van der Waals surface area contributed by atoms with Crippen molar-refractivity contribution in [2.75, 3.05) is 11.9 Å². The van der Waals surface area contributed by atoms with Crippen molar-refractivity contribution in [3.8, 4) is 5.75 Å². The van der Waals surface area contributed by atoms with Crippen LogP contribution < -0.4 is 15.4 Å². The molecule has 0 saturated carbocycles. The standard InChI is InChI=1S/C19H21FN2O2S/c1-13(2)11-12-24-15-9-7-14(8-10-15)18(23)22-19(25)21-17-6-4-3-5-16(17)20/h3-10,13H,11-12H2,1-2H3,(H2,21,22,23,25). The third-order valence-corrected chi connectivity index (χ3v) is 3.63. The third-order valence-electron chi connectivity index (χ3n) is 3.43. The van der Waals surface area contributed by atoms with Gasteiger partial charge in [0.1, 0.15) is 11.6 Å². The van der Waals surface area contributed by atoms with Gasteiger partial charge in [-0.15, -0.1) is 0 Å². The number of ether oxygens (including phenoxy) is 1. The minimum absolute atomic E-state index is 0.0346. The smallest absolute Gasteiger partial charge is 0.257 e. The molecule has 25 heavy (non-hydrogen) atoms. The molecule has 2 aromatic carbocycles. The van der Waals surface area contributed by atoms with Gasteiger partial charge in [-0.25, -0.2) is 4.39 Å². The number of amides is 1. The summed E-state index contributed by atoms with van der Waals surface area (Å²) in [6.45, 7) is 4.91. The molecule has 0 fully saturated rings. The number of thiocarbonyl (C=S) groups is 1. The molecule has 0 aliphatic carbocycles. The number of nitrogens with one attached hydrogen (secondary N) is 2. The lowest BCUT2D eigenvalue weighted by molar-refractivity contribution is 0.0977.